The number of ether oxygens (including phenoxy) is 1. The summed E-state index contributed by atoms with van der Waals surface area (Å²) in [4.78, 5) is 10.3. The number of rotatable bonds is 10. The highest BCUT2D eigenvalue weighted by atomic mass is 16.6. The fourth-order valence-electron chi connectivity index (χ4n) is 2.50. The summed E-state index contributed by atoms with van der Waals surface area (Å²) in [5.41, 5.74) is 9.11. The lowest BCUT2D eigenvalue weighted by molar-refractivity contribution is 0.0532. The number of hydrogen-bond acceptors (Lipinski definition) is 6. The Morgan fingerprint density at radius 3 is 2.54 bits per heavy atom. The van der Waals surface area contributed by atoms with Crippen molar-refractivity contribution < 1.29 is 19.5 Å². The first-order valence-electron chi connectivity index (χ1n) is 9.05. The summed E-state index contributed by atoms with van der Waals surface area (Å²) >= 11 is 0. The van der Waals surface area contributed by atoms with Crippen LogP contribution in [0.5, 0.6) is 5.75 Å². The molecule has 0 saturated carbocycles. The van der Waals surface area contributed by atoms with E-state index in [1.54, 1.807) is 6.92 Å². The number of amidine groups is 1. The molecule has 7 nitrogen and oxygen atoms in total. The van der Waals surface area contributed by atoms with Crippen molar-refractivity contribution in [2.24, 2.45) is 16.0 Å². The minimum Gasteiger partial charge on any atom is -0.489 e. The minimum atomic E-state index is -0.271. The number of nitrogens with zero attached hydrogens (tertiary/aromatic N) is 2. The van der Waals surface area contributed by atoms with Gasteiger partial charge in [-0.15, -0.1) is 0 Å². The molecule has 0 bridgehead atoms. The molecule has 2 aromatic carbocycles. The Bertz CT molecular complexity index is 821. The first-order valence-corrected chi connectivity index (χ1v) is 9.05. The number of aryl methyl sites for hydroxylation is 1. The van der Waals surface area contributed by atoms with Crippen molar-refractivity contribution in [2.75, 3.05) is 13.7 Å². The largest absolute Gasteiger partial charge is 0.489 e. The molecule has 1 unspecified atom stereocenters. The Hall–Kier alpha value is -3.06. The Morgan fingerprint density at radius 2 is 1.82 bits per heavy atom. The molecule has 150 valence electrons. The van der Waals surface area contributed by atoms with Crippen LogP contribution in [0.25, 0.3) is 0 Å². The fourth-order valence-corrected chi connectivity index (χ4v) is 2.50. The summed E-state index contributed by atoms with van der Waals surface area (Å²) in [6.07, 6.45) is 0.181. The summed E-state index contributed by atoms with van der Waals surface area (Å²) in [5.74, 6) is 0.889. The molecule has 0 aliphatic heterocycles. The topological polar surface area (TPSA) is 98.7 Å². The van der Waals surface area contributed by atoms with E-state index >= 15 is 0 Å². The Morgan fingerprint density at radius 1 is 1.11 bits per heavy atom. The maximum absolute atomic E-state index is 8.96. The van der Waals surface area contributed by atoms with Crippen molar-refractivity contribution in [2.45, 2.75) is 33.0 Å². The van der Waals surface area contributed by atoms with Gasteiger partial charge in [0, 0.05) is 18.6 Å². The van der Waals surface area contributed by atoms with Gasteiger partial charge in [-0.1, -0.05) is 52.8 Å². The molecule has 0 spiro atoms. The molecule has 3 N–H and O–H groups in total. The molecule has 0 aliphatic rings. The predicted molar refractivity (Wildman–Crippen MR) is 109 cm³/mol. The van der Waals surface area contributed by atoms with Crippen LogP contribution >= 0.6 is 0 Å². The predicted octanol–water partition coefficient (Wildman–Crippen LogP) is 2.98. The van der Waals surface area contributed by atoms with Crippen LogP contribution in [0.3, 0.4) is 0 Å². The summed E-state index contributed by atoms with van der Waals surface area (Å²) in [6, 6.07) is 15.4. The number of nitrogens with two attached hydrogens (primary N) is 1. The maximum atomic E-state index is 8.96. The lowest BCUT2D eigenvalue weighted by Crippen LogP contribution is -2.27. The third-order valence-electron chi connectivity index (χ3n) is 4.04. The van der Waals surface area contributed by atoms with Gasteiger partial charge in [-0.05, 0) is 31.0 Å². The average Bonchev–Trinajstić information content (AvgIpc) is 2.70. The number of para-hydroxylation sites is 1. The maximum Gasteiger partial charge on any atom is 0.193 e. The monoisotopic (exact) mass is 385 g/mol. The molecule has 2 rings (SSSR count). The van der Waals surface area contributed by atoms with Crippen molar-refractivity contribution in [1.29, 1.82) is 0 Å². The molecular formula is C21H27N3O4. The Labute approximate surface area is 165 Å². The molecule has 0 saturated heterocycles. The highest BCUT2D eigenvalue weighted by Gasteiger charge is 2.16. The van der Waals surface area contributed by atoms with E-state index < -0.39 is 0 Å². The first kappa shape index (κ1) is 21.2. The van der Waals surface area contributed by atoms with Crippen LogP contribution in [-0.4, -0.2) is 36.5 Å². The summed E-state index contributed by atoms with van der Waals surface area (Å²) in [5, 5.41) is 16.9. The molecule has 0 fully saturated rings. The molecule has 28 heavy (non-hydrogen) atoms. The van der Waals surface area contributed by atoms with E-state index in [9.17, 15) is 0 Å². The van der Waals surface area contributed by atoms with Crippen LogP contribution in [0.15, 0.2) is 58.8 Å². The van der Waals surface area contributed by atoms with Crippen LogP contribution in [0.1, 0.15) is 30.0 Å². The van der Waals surface area contributed by atoms with Crippen LogP contribution in [0.2, 0.25) is 0 Å². The van der Waals surface area contributed by atoms with Crippen LogP contribution in [0.4, 0.5) is 0 Å². The van der Waals surface area contributed by atoms with Crippen LogP contribution in [0, 0.1) is 6.92 Å². The van der Waals surface area contributed by atoms with E-state index in [2.05, 4.69) is 10.3 Å². The van der Waals surface area contributed by atoms with Gasteiger partial charge in [0.25, 0.3) is 0 Å². The van der Waals surface area contributed by atoms with Gasteiger partial charge in [-0.2, -0.15) is 0 Å². The summed E-state index contributed by atoms with van der Waals surface area (Å²) in [7, 11) is 1.44. The van der Waals surface area contributed by atoms with E-state index in [0.717, 1.165) is 22.4 Å². The van der Waals surface area contributed by atoms with Gasteiger partial charge >= 0.3 is 0 Å². The molecule has 0 amide bonds. The highest BCUT2D eigenvalue weighted by Crippen LogP contribution is 2.19. The van der Waals surface area contributed by atoms with Gasteiger partial charge in [-0.25, -0.2) is 0 Å². The van der Waals surface area contributed by atoms with Crippen molar-refractivity contribution >= 4 is 11.5 Å². The molecule has 7 heteroatoms. The number of aliphatic hydroxyl groups excluding tert-OH is 1. The standard InChI is InChI=1S/C21H27N3O4/c1-15-8-4-7-11-19(15)27-14-17-9-5-6-10-18(17)20(23-26-3)21(22)24-28-16(2)12-13-25/h4-11,16,25H,12-14H2,1-3H3,(H2,22,24). The third kappa shape index (κ3) is 5.99. The summed E-state index contributed by atoms with van der Waals surface area (Å²) in [6.45, 7) is 4.13. The average molecular weight is 385 g/mol. The zero-order chi connectivity index (χ0) is 20.4. The van der Waals surface area contributed by atoms with Crippen molar-refractivity contribution in [1.82, 2.24) is 0 Å². The molecular weight excluding hydrogens is 358 g/mol. The van der Waals surface area contributed by atoms with E-state index in [1.165, 1.54) is 7.11 Å². The quantitative estimate of drug-likeness (QED) is 0.372. The smallest absolute Gasteiger partial charge is 0.193 e. The number of benzene rings is 2. The second-order valence-corrected chi connectivity index (χ2v) is 6.24. The number of hydrogen-bond donors (Lipinski definition) is 2. The van der Waals surface area contributed by atoms with Gasteiger partial charge in [0.05, 0.1) is 0 Å². The lowest BCUT2D eigenvalue weighted by Gasteiger charge is -2.14. The van der Waals surface area contributed by atoms with E-state index in [-0.39, 0.29) is 18.5 Å². The van der Waals surface area contributed by atoms with Gasteiger partial charge in [0.1, 0.15) is 25.6 Å². The van der Waals surface area contributed by atoms with Gasteiger partial charge in [-0.3, -0.25) is 0 Å². The SMILES string of the molecule is CON=C(C(N)=NOC(C)CCO)c1ccccc1COc1ccccc1C. The van der Waals surface area contributed by atoms with Gasteiger partial charge in [0.15, 0.2) is 11.5 Å². The second-order valence-electron chi connectivity index (χ2n) is 6.24. The first-order chi connectivity index (χ1) is 13.6. The normalized spacial score (nSPS) is 13.1. The van der Waals surface area contributed by atoms with Gasteiger partial charge in [0.2, 0.25) is 0 Å². The fraction of sp³-hybridized carbons (Fsp3) is 0.333. The minimum absolute atomic E-state index is 0.00862. The van der Waals surface area contributed by atoms with E-state index in [0.29, 0.717) is 18.7 Å². The molecule has 0 heterocycles. The van der Waals surface area contributed by atoms with Crippen LogP contribution < -0.4 is 10.5 Å². The molecule has 0 aromatic heterocycles. The van der Waals surface area contributed by atoms with Gasteiger partial charge < -0.3 is 25.3 Å². The molecule has 1 atom stereocenters. The zero-order valence-corrected chi connectivity index (χ0v) is 16.5. The Balaban J connectivity index is 2.24. The number of oxime groups is 2. The summed E-state index contributed by atoms with van der Waals surface area (Å²) < 4.78 is 5.97. The third-order valence-corrected chi connectivity index (χ3v) is 4.04. The molecule has 0 aliphatic carbocycles. The number of aliphatic hydroxyl groups is 1. The van der Waals surface area contributed by atoms with E-state index in [1.807, 2.05) is 55.5 Å². The Kier molecular flexibility index (Phi) is 8.30. The highest BCUT2D eigenvalue weighted by molar-refractivity contribution is 6.47. The zero-order valence-electron chi connectivity index (χ0n) is 16.5. The van der Waals surface area contributed by atoms with Crippen molar-refractivity contribution in [3.05, 3.63) is 65.2 Å². The lowest BCUT2D eigenvalue weighted by atomic mass is 10.0. The van der Waals surface area contributed by atoms with Crippen LogP contribution in [-0.2, 0) is 16.3 Å². The molecule has 2 aromatic rings. The second kappa shape index (κ2) is 10.9. The van der Waals surface area contributed by atoms with Crippen molar-refractivity contribution in [3.63, 3.8) is 0 Å². The van der Waals surface area contributed by atoms with E-state index in [4.69, 9.17) is 25.3 Å². The molecule has 0 radical (unpaired) electrons. The van der Waals surface area contributed by atoms with Crippen molar-refractivity contribution in [3.8, 4) is 5.75 Å².